The third-order valence-corrected chi connectivity index (χ3v) is 2.06. The number of hydrogen-bond donors (Lipinski definition) is 0. The highest BCUT2D eigenvalue weighted by molar-refractivity contribution is 4.94. The van der Waals surface area contributed by atoms with E-state index in [1.807, 2.05) is 13.8 Å². The van der Waals surface area contributed by atoms with Gasteiger partial charge < -0.3 is 9.47 Å². The van der Waals surface area contributed by atoms with Gasteiger partial charge in [-0.1, -0.05) is 0 Å². The van der Waals surface area contributed by atoms with Crippen molar-refractivity contribution in [1.82, 2.24) is 0 Å². The maximum absolute atomic E-state index is 5.71. The van der Waals surface area contributed by atoms with Gasteiger partial charge >= 0.3 is 0 Å². The maximum Gasteiger partial charge on any atom is 0.0926 e. The van der Waals surface area contributed by atoms with E-state index in [-0.39, 0.29) is 12.2 Å². The summed E-state index contributed by atoms with van der Waals surface area (Å²) in [6.07, 6.45) is 5.58. The molecular formula is C14H27O2. The fourth-order valence-electron chi connectivity index (χ4n) is 1.55. The topological polar surface area (TPSA) is 18.5 Å². The Kier molecular flexibility index (Phi) is 8.36. The summed E-state index contributed by atoms with van der Waals surface area (Å²) in [5.41, 5.74) is 0. The van der Waals surface area contributed by atoms with Gasteiger partial charge in [0.15, 0.2) is 0 Å². The third kappa shape index (κ3) is 8.78. The van der Waals surface area contributed by atoms with Gasteiger partial charge in [-0.3, -0.25) is 0 Å². The van der Waals surface area contributed by atoms with Crippen molar-refractivity contribution in [1.29, 1.82) is 0 Å². The van der Waals surface area contributed by atoms with E-state index in [9.17, 15) is 0 Å². The molecule has 0 heterocycles. The molecule has 0 unspecified atom stereocenters. The molecule has 0 bridgehead atoms. The minimum atomic E-state index is 0.235. The first kappa shape index (κ1) is 15.5. The molecule has 1 radical (unpaired) electrons. The molecular weight excluding hydrogens is 200 g/mol. The molecule has 0 N–H and O–H groups in total. The fraction of sp³-hybridized carbons (Fsp3) is 0.786. The second-order valence-electron chi connectivity index (χ2n) is 4.66. The van der Waals surface area contributed by atoms with Crippen molar-refractivity contribution in [2.45, 2.75) is 72.2 Å². The van der Waals surface area contributed by atoms with Crippen molar-refractivity contribution >= 4 is 0 Å². The lowest BCUT2D eigenvalue weighted by Gasteiger charge is -2.18. The SMILES string of the molecule is [CH2]CC=C(CC[C@H](C)OC(C)C)OC(C)C. The van der Waals surface area contributed by atoms with Gasteiger partial charge in [-0.25, -0.2) is 0 Å². The molecule has 0 aromatic carbocycles. The van der Waals surface area contributed by atoms with Gasteiger partial charge in [0.25, 0.3) is 0 Å². The van der Waals surface area contributed by atoms with E-state index < -0.39 is 0 Å². The summed E-state index contributed by atoms with van der Waals surface area (Å²) in [4.78, 5) is 0. The molecule has 2 nitrogen and oxygen atoms in total. The van der Waals surface area contributed by atoms with Gasteiger partial charge in [0.1, 0.15) is 0 Å². The Bertz CT molecular complexity index is 195. The smallest absolute Gasteiger partial charge is 0.0926 e. The van der Waals surface area contributed by atoms with Gasteiger partial charge in [-0.15, -0.1) is 0 Å². The van der Waals surface area contributed by atoms with E-state index in [0.717, 1.165) is 25.0 Å². The van der Waals surface area contributed by atoms with Crippen LogP contribution in [0.2, 0.25) is 0 Å². The second kappa shape index (κ2) is 8.63. The molecule has 0 saturated heterocycles. The summed E-state index contributed by atoms with van der Waals surface area (Å²) >= 11 is 0. The molecule has 2 heteroatoms. The number of ether oxygens (including phenoxy) is 2. The Morgan fingerprint density at radius 3 is 2.19 bits per heavy atom. The molecule has 0 amide bonds. The number of hydrogen-bond acceptors (Lipinski definition) is 2. The predicted molar refractivity (Wildman–Crippen MR) is 69.2 cm³/mol. The van der Waals surface area contributed by atoms with Crippen LogP contribution in [0.15, 0.2) is 11.8 Å². The van der Waals surface area contributed by atoms with Crippen LogP contribution in [-0.2, 0) is 9.47 Å². The summed E-state index contributed by atoms with van der Waals surface area (Å²) in [6, 6.07) is 0. The van der Waals surface area contributed by atoms with Crippen LogP contribution < -0.4 is 0 Å². The minimum absolute atomic E-state index is 0.235. The van der Waals surface area contributed by atoms with Gasteiger partial charge in [0, 0.05) is 6.42 Å². The molecule has 0 aromatic rings. The van der Waals surface area contributed by atoms with Gasteiger partial charge in [0.2, 0.25) is 0 Å². The Labute approximate surface area is 101 Å². The molecule has 0 aliphatic heterocycles. The second-order valence-corrected chi connectivity index (χ2v) is 4.66. The highest BCUT2D eigenvalue weighted by atomic mass is 16.5. The van der Waals surface area contributed by atoms with E-state index in [0.29, 0.717) is 6.10 Å². The first-order valence-electron chi connectivity index (χ1n) is 6.26. The van der Waals surface area contributed by atoms with Crippen molar-refractivity contribution in [2.75, 3.05) is 0 Å². The summed E-state index contributed by atoms with van der Waals surface area (Å²) in [7, 11) is 0. The Balaban J connectivity index is 3.97. The standard InChI is InChI=1S/C14H27O2/c1-7-8-14(16-12(4)5)10-9-13(6)15-11(2)3/h8,11-13H,1,7,9-10H2,2-6H3/t13-/m0/s1. The average Bonchev–Trinajstić information content (AvgIpc) is 2.12. The van der Waals surface area contributed by atoms with E-state index in [1.165, 1.54) is 0 Å². The van der Waals surface area contributed by atoms with E-state index in [1.54, 1.807) is 0 Å². The Morgan fingerprint density at radius 2 is 1.75 bits per heavy atom. The molecule has 95 valence electrons. The summed E-state index contributed by atoms with van der Waals surface area (Å²) < 4.78 is 11.4. The van der Waals surface area contributed by atoms with Crippen LogP contribution in [-0.4, -0.2) is 18.3 Å². The highest BCUT2D eigenvalue weighted by Gasteiger charge is 2.08. The molecule has 0 fully saturated rings. The summed E-state index contributed by atoms with van der Waals surface area (Å²) in [6.45, 7) is 14.1. The van der Waals surface area contributed by atoms with E-state index in [2.05, 4.69) is 33.8 Å². The van der Waals surface area contributed by atoms with E-state index in [4.69, 9.17) is 9.47 Å². The lowest BCUT2D eigenvalue weighted by molar-refractivity contribution is 0.0112. The zero-order valence-corrected chi connectivity index (χ0v) is 11.5. The summed E-state index contributed by atoms with van der Waals surface area (Å²) in [5, 5.41) is 0. The minimum Gasteiger partial charge on any atom is -0.496 e. The zero-order chi connectivity index (χ0) is 12.6. The van der Waals surface area contributed by atoms with Gasteiger partial charge in [0.05, 0.1) is 24.1 Å². The van der Waals surface area contributed by atoms with Crippen molar-refractivity contribution in [2.24, 2.45) is 0 Å². The predicted octanol–water partition coefficient (Wildman–Crippen LogP) is 4.11. The van der Waals surface area contributed by atoms with Crippen molar-refractivity contribution in [3.63, 3.8) is 0 Å². The van der Waals surface area contributed by atoms with Crippen LogP contribution >= 0.6 is 0 Å². The maximum atomic E-state index is 5.71. The quantitative estimate of drug-likeness (QED) is 0.581. The van der Waals surface area contributed by atoms with Crippen LogP contribution in [0.1, 0.15) is 53.9 Å². The number of allylic oxidation sites excluding steroid dienone is 2. The van der Waals surface area contributed by atoms with Crippen LogP contribution in [0, 0.1) is 6.92 Å². The molecule has 0 rings (SSSR count). The lowest BCUT2D eigenvalue weighted by atomic mass is 10.1. The Hall–Kier alpha value is -0.500. The van der Waals surface area contributed by atoms with Crippen LogP contribution in [0.25, 0.3) is 0 Å². The fourth-order valence-corrected chi connectivity index (χ4v) is 1.55. The molecule has 0 aromatic heterocycles. The van der Waals surface area contributed by atoms with Gasteiger partial charge in [-0.05, 0) is 60.5 Å². The van der Waals surface area contributed by atoms with Crippen LogP contribution in [0.5, 0.6) is 0 Å². The zero-order valence-electron chi connectivity index (χ0n) is 11.5. The van der Waals surface area contributed by atoms with Crippen molar-refractivity contribution in [3.05, 3.63) is 18.8 Å². The normalized spacial score (nSPS) is 14.6. The van der Waals surface area contributed by atoms with Crippen LogP contribution in [0.4, 0.5) is 0 Å². The highest BCUT2D eigenvalue weighted by Crippen LogP contribution is 2.14. The number of rotatable bonds is 8. The van der Waals surface area contributed by atoms with Crippen molar-refractivity contribution < 1.29 is 9.47 Å². The average molecular weight is 227 g/mol. The third-order valence-electron chi connectivity index (χ3n) is 2.06. The molecule has 16 heavy (non-hydrogen) atoms. The first-order valence-corrected chi connectivity index (χ1v) is 6.26. The lowest BCUT2D eigenvalue weighted by Crippen LogP contribution is -2.15. The molecule has 1 atom stereocenters. The Morgan fingerprint density at radius 1 is 1.12 bits per heavy atom. The van der Waals surface area contributed by atoms with E-state index >= 15 is 0 Å². The molecule has 0 spiro atoms. The van der Waals surface area contributed by atoms with Crippen molar-refractivity contribution in [3.8, 4) is 0 Å². The summed E-state index contributed by atoms with van der Waals surface area (Å²) in [5.74, 6) is 1.05. The first-order chi connectivity index (χ1) is 7.45. The monoisotopic (exact) mass is 227 g/mol. The molecule has 0 aliphatic rings. The largest absolute Gasteiger partial charge is 0.496 e. The molecule has 0 saturated carbocycles. The van der Waals surface area contributed by atoms with Gasteiger partial charge in [-0.2, -0.15) is 0 Å². The van der Waals surface area contributed by atoms with Crippen LogP contribution in [0.3, 0.4) is 0 Å². The molecule has 0 aliphatic carbocycles.